The van der Waals surface area contributed by atoms with Crippen LogP contribution < -0.4 is 5.32 Å². The van der Waals surface area contributed by atoms with E-state index in [1.54, 1.807) is 0 Å². The van der Waals surface area contributed by atoms with E-state index in [0.717, 1.165) is 12.2 Å². The number of anilines is 1. The Morgan fingerprint density at radius 3 is 2.27 bits per heavy atom. The molecule has 0 fully saturated rings. The van der Waals surface area contributed by atoms with Crippen LogP contribution in [-0.4, -0.2) is 18.3 Å². The number of nitrogens with one attached hydrogen (secondary N) is 1. The number of aliphatic hydroxyl groups excluding tert-OH is 1. The second-order valence-corrected chi connectivity index (χ2v) is 4.38. The molecule has 0 heterocycles. The monoisotopic (exact) mass is 207 g/mol. The Kier molecular flexibility index (Phi) is 4.63. The second-order valence-electron chi connectivity index (χ2n) is 4.38. The van der Waals surface area contributed by atoms with E-state index in [-0.39, 0.29) is 6.61 Å². The van der Waals surface area contributed by atoms with Gasteiger partial charge in [0.05, 0.1) is 0 Å². The zero-order valence-electron chi connectivity index (χ0n) is 9.83. The van der Waals surface area contributed by atoms with Crippen LogP contribution in [0.25, 0.3) is 0 Å². The standard InChI is InChI=1S/C13H21NO/c1-10-4-6-13(7-5-10)14-8-11(2)12(3)9-15/h4-7,11-12,14-15H,8-9H2,1-3H3. The van der Waals surface area contributed by atoms with Crippen LogP contribution in [0.15, 0.2) is 24.3 Å². The first-order valence-corrected chi connectivity index (χ1v) is 5.55. The molecule has 0 amide bonds. The van der Waals surface area contributed by atoms with Crippen LogP contribution in [0.1, 0.15) is 19.4 Å². The van der Waals surface area contributed by atoms with Gasteiger partial charge in [0.2, 0.25) is 0 Å². The van der Waals surface area contributed by atoms with Crippen molar-refractivity contribution in [3.05, 3.63) is 29.8 Å². The van der Waals surface area contributed by atoms with Gasteiger partial charge >= 0.3 is 0 Å². The minimum Gasteiger partial charge on any atom is -0.396 e. The highest BCUT2D eigenvalue weighted by molar-refractivity contribution is 5.44. The first kappa shape index (κ1) is 12.1. The zero-order chi connectivity index (χ0) is 11.3. The van der Waals surface area contributed by atoms with Gasteiger partial charge in [0.15, 0.2) is 0 Å². The average Bonchev–Trinajstić information content (AvgIpc) is 2.26. The summed E-state index contributed by atoms with van der Waals surface area (Å²) in [7, 11) is 0. The summed E-state index contributed by atoms with van der Waals surface area (Å²) in [6.07, 6.45) is 0. The second kappa shape index (κ2) is 5.76. The average molecular weight is 207 g/mol. The minimum absolute atomic E-state index is 0.261. The van der Waals surface area contributed by atoms with Crippen LogP contribution in [-0.2, 0) is 0 Å². The van der Waals surface area contributed by atoms with Crippen molar-refractivity contribution in [2.45, 2.75) is 20.8 Å². The summed E-state index contributed by atoms with van der Waals surface area (Å²) in [6, 6.07) is 8.38. The number of rotatable bonds is 5. The van der Waals surface area contributed by atoms with Gasteiger partial charge in [-0.3, -0.25) is 0 Å². The Labute approximate surface area is 92.3 Å². The Bertz CT molecular complexity index is 281. The summed E-state index contributed by atoms with van der Waals surface area (Å²) >= 11 is 0. The number of aryl methyl sites for hydroxylation is 1. The molecular formula is C13H21NO. The van der Waals surface area contributed by atoms with Crippen LogP contribution in [0.3, 0.4) is 0 Å². The third-order valence-electron chi connectivity index (χ3n) is 2.94. The predicted molar refractivity (Wildman–Crippen MR) is 65.1 cm³/mol. The zero-order valence-corrected chi connectivity index (χ0v) is 9.83. The Morgan fingerprint density at radius 1 is 1.13 bits per heavy atom. The molecule has 1 aromatic carbocycles. The van der Waals surface area contributed by atoms with E-state index in [1.807, 2.05) is 0 Å². The normalized spacial score (nSPS) is 14.7. The Hall–Kier alpha value is -1.02. The van der Waals surface area contributed by atoms with Crippen LogP contribution in [0.4, 0.5) is 5.69 Å². The summed E-state index contributed by atoms with van der Waals surface area (Å²) in [5.74, 6) is 0.833. The van der Waals surface area contributed by atoms with Crippen molar-refractivity contribution < 1.29 is 5.11 Å². The van der Waals surface area contributed by atoms with Gasteiger partial charge in [-0.05, 0) is 30.9 Å². The lowest BCUT2D eigenvalue weighted by Crippen LogP contribution is -2.20. The molecule has 0 saturated carbocycles. The molecule has 2 N–H and O–H groups in total. The summed E-state index contributed by atoms with van der Waals surface area (Å²) in [5.41, 5.74) is 2.43. The van der Waals surface area contributed by atoms with Crippen molar-refractivity contribution in [2.24, 2.45) is 11.8 Å². The van der Waals surface area contributed by atoms with Crippen LogP contribution in [0.2, 0.25) is 0 Å². The molecule has 2 nitrogen and oxygen atoms in total. The number of hydrogen-bond acceptors (Lipinski definition) is 2. The molecule has 0 radical (unpaired) electrons. The van der Waals surface area contributed by atoms with Crippen LogP contribution in [0, 0.1) is 18.8 Å². The van der Waals surface area contributed by atoms with E-state index in [9.17, 15) is 0 Å². The molecule has 0 bridgehead atoms. The number of benzene rings is 1. The molecular weight excluding hydrogens is 186 g/mol. The highest BCUT2D eigenvalue weighted by atomic mass is 16.3. The smallest absolute Gasteiger partial charge is 0.0459 e. The predicted octanol–water partition coefficient (Wildman–Crippen LogP) is 2.67. The van der Waals surface area contributed by atoms with E-state index in [2.05, 4.69) is 50.4 Å². The third kappa shape index (κ3) is 3.92. The van der Waals surface area contributed by atoms with Crippen molar-refractivity contribution in [2.75, 3.05) is 18.5 Å². The van der Waals surface area contributed by atoms with Gasteiger partial charge in [-0.1, -0.05) is 31.5 Å². The van der Waals surface area contributed by atoms with Gasteiger partial charge in [-0.15, -0.1) is 0 Å². The van der Waals surface area contributed by atoms with E-state index in [1.165, 1.54) is 5.56 Å². The largest absolute Gasteiger partial charge is 0.396 e. The molecule has 0 spiro atoms. The van der Waals surface area contributed by atoms with Gasteiger partial charge in [0, 0.05) is 18.8 Å². The summed E-state index contributed by atoms with van der Waals surface area (Å²) in [4.78, 5) is 0. The summed E-state index contributed by atoms with van der Waals surface area (Å²) in [6.45, 7) is 7.48. The van der Waals surface area contributed by atoms with E-state index in [4.69, 9.17) is 5.11 Å². The molecule has 84 valence electrons. The first-order valence-electron chi connectivity index (χ1n) is 5.55. The van der Waals surface area contributed by atoms with Crippen molar-refractivity contribution in [1.29, 1.82) is 0 Å². The molecule has 2 unspecified atom stereocenters. The highest BCUT2D eigenvalue weighted by Crippen LogP contribution is 2.13. The molecule has 2 heteroatoms. The fraction of sp³-hybridized carbons (Fsp3) is 0.538. The molecule has 1 aromatic rings. The van der Waals surface area contributed by atoms with Crippen molar-refractivity contribution in [1.82, 2.24) is 0 Å². The number of hydrogen-bond donors (Lipinski definition) is 2. The fourth-order valence-corrected chi connectivity index (χ4v) is 1.33. The van der Waals surface area contributed by atoms with Gasteiger partial charge in [0.1, 0.15) is 0 Å². The fourth-order valence-electron chi connectivity index (χ4n) is 1.33. The van der Waals surface area contributed by atoms with E-state index in [0.29, 0.717) is 11.8 Å². The van der Waals surface area contributed by atoms with E-state index < -0.39 is 0 Å². The highest BCUT2D eigenvalue weighted by Gasteiger charge is 2.10. The molecule has 2 atom stereocenters. The molecule has 0 aliphatic carbocycles. The molecule has 0 aliphatic rings. The van der Waals surface area contributed by atoms with Gasteiger partial charge in [-0.2, -0.15) is 0 Å². The maximum Gasteiger partial charge on any atom is 0.0459 e. The quantitative estimate of drug-likeness (QED) is 0.778. The lowest BCUT2D eigenvalue weighted by molar-refractivity contribution is 0.200. The van der Waals surface area contributed by atoms with Crippen molar-refractivity contribution in [3.63, 3.8) is 0 Å². The lowest BCUT2D eigenvalue weighted by Gasteiger charge is -2.18. The lowest BCUT2D eigenvalue weighted by atomic mass is 9.97. The topological polar surface area (TPSA) is 32.3 Å². The van der Waals surface area contributed by atoms with Gasteiger partial charge in [0.25, 0.3) is 0 Å². The number of aliphatic hydroxyl groups is 1. The Morgan fingerprint density at radius 2 is 1.73 bits per heavy atom. The third-order valence-corrected chi connectivity index (χ3v) is 2.94. The minimum atomic E-state index is 0.261. The molecule has 15 heavy (non-hydrogen) atoms. The maximum absolute atomic E-state index is 9.01. The van der Waals surface area contributed by atoms with Gasteiger partial charge in [-0.25, -0.2) is 0 Å². The Balaban J connectivity index is 2.40. The molecule has 0 saturated heterocycles. The van der Waals surface area contributed by atoms with Crippen LogP contribution in [0.5, 0.6) is 0 Å². The summed E-state index contributed by atoms with van der Waals surface area (Å²) < 4.78 is 0. The van der Waals surface area contributed by atoms with E-state index >= 15 is 0 Å². The molecule has 0 aromatic heterocycles. The van der Waals surface area contributed by atoms with Gasteiger partial charge < -0.3 is 10.4 Å². The van der Waals surface area contributed by atoms with Crippen molar-refractivity contribution >= 4 is 5.69 Å². The summed E-state index contributed by atoms with van der Waals surface area (Å²) in [5, 5.41) is 12.4. The SMILES string of the molecule is Cc1ccc(NCC(C)C(C)CO)cc1. The van der Waals surface area contributed by atoms with Crippen LogP contribution >= 0.6 is 0 Å². The molecule has 0 aliphatic heterocycles. The molecule has 1 rings (SSSR count). The first-order chi connectivity index (χ1) is 7.13. The maximum atomic E-state index is 9.01. The van der Waals surface area contributed by atoms with Crippen molar-refractivity contribution in [3.8, 4) is 0 Å².